The highest BCUT2D eigenvalue weighted by Crippen LogP contribution is 2.14. The number of aromatic nitrogens is 2. The lowest BCUT2D eigenvalue weighted by Crippen LogP contribution is -2.21. The molecule has 2 heterocycles. The second-order valence-electron chi connectivity index (χ2n) is 5.04. The summed E-state index contributed by atoms with van der Waals surface area (Å²) in [5, 5.41) is 4.62. The van der Waals surface area contributed by atoms with Gasteiger partial charge in [-0.05, 0) is 37.6 Å². The highest BCUT2D eigenvalue weighted by molar-refractivity contribution is 7.05. The van der Waals surface area contributed by atoms with Gasteiger partial charge in [0.25, 0.3) is 0 Å². The van der Waals surface area contributed by atoms with Crippen molar-refractivity contribution in [3.8, 4) is 0 Å². The molecule has 0 aliphatic heterocycles. The summed E-state index contributed by atoms with van der Waals surface area (Å²) < 4.78 is 9.46. The van der Waals surface area contributed by atoms with E-state index in [2.05, 4.69) is 14.5 Å². The van der Waals surface area contributed by atoms with Crippen molar-refractivity contribution in [3.63, 3.8) is 0 Å². The zero-order valence-electron chi connectivity index (χ0n) is 11.9. The molecule has 0 aliphatic rings. The number of benzene rings is 1. The summed E-state index contributed by atoms with van der Waals surface area (Å²) in [5.74, 6) is 0. The monoisotopic (exact) mass is 301 g/mol. The minimum atomic E-state index is 0.0304. The van der Waals surface area contributed by atoms with E-state index < -0.39 is 0 Å². The molecule has 0 unspecified atom stereocenters. The molecular formula is C15H15N3O2S. The predicted molar refractivity (Wildman–Crippen MR) is 82.3 cm³/mol. The normalized spacial score (nSPS) is 11.4. The maximum absolute atomic E-state index is 12.4. The van der Waals surface area contributed by atoms with Gasteiger partial charge in [-0.1, -0.05) is 16.6 Å². The van der Waals surface area contributed by atoms with E-state index in [0.717, 1.165) is 17.1 Å². The number of rotatable bonds is 4. The second-order valence-corrected chi connectivity index (χ2v) is 5.88. The van der Waals surface area contributed by atoms with Crippen LogP contribution in [0.15, 0.2) is 39.7 Å². The molecule has 6 heteroatoms. The van der Waals surface area contributed by atoms with E-state index >= 15 is 0 Å². The molecule has 0 aliphatic carbocycles. The van der Waals surface area contributed by atoms with E-state index in [9.17, 15) is 4.79 Å². The zero-order valence-corrected chi connectivity index (χ0v) is 12.7. The molecule has 0 atom stereocenters. The highest BCUT2D eigenvalue weighted by atomic mass is 32.1. The number of hydrogen-bond acceptors (Lipinski definition) is 6. The Morgan fingerprint density at radius 3 is 2.86 bits per heavy atom. The molecule has 0 N–H and O–H groups in total. The zero-order chi connectivity index (χ0) is 14.8. The van der Waals surface area contributed by atoms with E-state index in [1.54, 1.807) is 18.4 Å². The molecule has 108 valence electrons. The topological polar surface area (TPSA) is 59.2 Å². The molecule has 0 saturated carbocycles. The average Bonchev–Trinajstić information content (AvgIpc) is 2.87. The van der Waals surface area contributed by atoms with E-state index in [0.29, 0.717) is 23.1 Å². The van der Waals surface area contributed by atoms with Gasteiger partial charge in [0.2, 0.25) is 0 Å². The molecule has 1 aromatic carbocycles. The summed E-state index contributed by atoms with van der Waals surface area (Å²) >= 11 is 1.39. The van der Waals surface area contributed by atoms with Crippen LogP contribution < -0.4 is 5.43 Å². The predicted octanol–water partition coefficient (Wildman–Crippen LogP) is 2.58. The standard InChI is InChI=1S/C15H15N3O2S/c1-10-14(21-17-16-10)8-18(2)7-11-9-20-13-6-4-3-5-12(13)15(11)19/h3-6,9H,7-8H2,1-2H3. The third kappa shape index (κ3) is 2.86. The molecule has 5 nitrogen and oxygen atoms in total. The van der Waals surface area contributed by atoms with Crippen LogP contribution in [-0.4, -0.2) is 21.5 Å². The summed E-state index contributed by atoms with van der Waals surface area (Å²) in [6.07, 6.45) is 1.55. The van der Waals surface area contributed by atoms with Gasteiger partial charge in [0.1, 0.15) is 5.58 Å². The van der Waals surface area contributed by atoms with Gasteiger partial charge >= 0.3 is 0 Å². The minimum absolute atomic E-state index is 0.0304. The van der Waals surface area contributed by atoms with E-state index in [1.807, 2.05) is 26.1 Å². The van der Waals surface area contributed by atoms with Crippen LogP contribution in [0.1, 0.15) is 16.1 Å². The van der Waals surface area contributed by atoms with Gasteiger partial charge < -0.3 is 4.42 Å². The van der Waals surface area contributed by atoms with Crippen LogP contribution in [0.25, 0.3) is 11.0 Å². The summed E-state index contributed by atoms with van der Waals surface area (Å²) in [4.78, 5) is 15.6. The Balaban J connectivity index is 1.83. The summed E-state index contributed by atoms with van der Waals surface area (Å²) in [7, 11) is 1.97. The van der Waals surface area contributed by atoms with Crippen LogP contribution in [0.3, 0.4) is 0 Å². The Morgan fingerprint density at radius 2 is 2.10 bits per heavy atom. The number of fused-ring (bicyclic) bond motifs is 1. The Morgan fingerprint density at radius 1 is 1.29 bits per heavy atom. The van der Waals surface area contributed by atoms with Crippen LogP contribution in [0.5, 0.6) is 0 Å². The first-order chi connectivity index (χ1) is 10.1. The molecule has 0 spiro atoms. The van der Waals surface area contributed by atoms with Crippen molar-refractivity contribution in [2.45, 2.75) is 20.0 Å². The van der Waals surface area contributed by atoms with Gasteiger partial charge in [0.05, 0.1) is 22.2 Å². The van der Waals surface area contributed by atoms with Crippen molar-refractivity contribution in [3.05, 3.63) is 56.9 Å². The smallest absolute Gasteiger partial charge is 0.197 e. The lowest BCUT2D eigenvalue weighted by atomic mass is 10.1. The van der Waals surface area contributed by atoms with Gasteiger partial charge in [-0.25, -0.2) is 0 Å². The first kappa shape index (κ1) is 13.9. The molecule has 0 radical (unpaired) electrons. The first-order valence-corrected chi connectivity index (χ1v) is 7.38. The Bertz CT molecular complexity index is 825. The van der Waals surface area contributed by atoms with Crippen molar-refractivity contribution in [1.29, 1.82) is 0 Å². The van der Waals surface area contributed by atoms with Crippen molar-refractivity contribution in [2.24, 2.45) is 0 Å². The van der Waals surface area contributed by atoms with Crippen LogP contribution in [0.4, 0.5) is 0 Å². The van der Waals surface area contributed by atoms with Crippen LogP contribution in [0, 0.1) is 6.92 Å². The molecule has 21 heavy (non-hydrogen) atoms. The van der Waals surface area contributed by atoms with E-state index in [4.69, 9.17) is 4.42 Å². The summed E-state index contributed by atoms with van der Waals surface area (Å²) in [6, 6.07) is 7.30. The van der Waals surface area contributed by atoms with Crippen molar-refractivity contribution in [1.82, 2.24) is 14.5 Å². The summed E-state index contributed by atoms with van der Waals surface area (Å²) in [6.45, 7) is 3.19. The molecule has 0 fully saturated rings. The highest BCUT2D eigenvalue weighted by Gasteiger charge is 2.11. The van der Waals surface area contributed by atoms with Crippen molar-refractivity contribution in [2.75, 3.05) is 7.05 Å². The van der Waals surface area contributed by atoms with E-state index in [1.165, 1.54) is 11.5 Å². The number of hydrogen-bond donors (Lipinski definition) is 0. The average molecular weight is 301 g/mol. The van der Waals surface area contributed by atoms with Crippen molar-refractivity contribution >= 4 is 22.5 Å². The SMILES string of the molecule is Cc1nnsc1CN(C)Cc1coc2ccccc2c1=O. The quantitative estimate of drug-likeness (QED) is 0.741. The molecule has 0 bridgehead atoms. The molecule has 2 aromatic heterocycles. The molecular weight excluding hydrogens is 286 g/mol. The fourth-order valence-corrected chi connectivity index (χ4v) is 2.93. The van der Waals surface area contributed by atoms with Gasteiger partial charge in [-0.15, -0.1) is 5.10 Å². The minimum Gasteiger partial charge on any atom is -0.464 e. The number of nitrogens with zero attached hydrogens (tertiary/aromatic N) is 3. The van der Waals surface area contributed by atoms with E-state index in [-0.39, 0.29) is 5.43 Å². The molecule has 0 amide bonds. The Hall–Kier alpha value is -2.05. The molecule has 3 rings (SSSR count). The maximum Gasteiger partial charge on any atom is 0.197 e. The van der Waals surface area contributed by atoms with Crippen LogP contribution in [0.2, 0.25) is 0 Å². The van der Waals surface area contributed by atoms with Gasteiger partial charge in [0, 0.05) is 18.7 Å². The van der Waals surface area contributed by atoms with Gasteiger partial charge in [-0.2, -0.15) is 0 Å². The third-order valence-electron chi connectivity index (χ3n) is 3.35. The lowest BCUT2D eigenvalue weighted by Gasteiger charge is -2.15. The molecule has 3 aromatic rings. The molecule has 0 saturated heterocycles. The Labute approximate surface area is 126 Å². The second kappa shape index (κ2) is 5.75. The van der Waals surface area contributed by atoms with Gasteiger partial charge in [0.15, 0.2) is 5.43 Å². The fourth-order valence-electron chi connectivity index (χ4n) is 2.22. The Kier molecular flexibility index (Phi) is 3.81. The first-order valence-electron chi connectivity index (χ1n) is 6.61. The van der Waals surface area contributed by atoms with Crippen LogP contribution >= 0.6 is 11.5 Å². The largest absolute Gasteiger partial charge is 0.464 e. The number of aryl methyl sites for hydroxylation is 1. The lowest BCUT2D eigenvalue weighted by molar-refractivity contribution is 0.317. The number of para-hydroxylation sites is 1. The summed E-state index contributed by atoms with van der Waals surface area (Å²) in [5.41, 5.74) is 2.25. The van der Waals surface area contributed by atoms with Crippen LogP contribution in [-0.2, 0) is 13.1 Å². The van der Waals surface area contributed by atoms with Gasteiger partial charge in [-0.3, -0.25) is 9.69 Å². The third-order valence-corrected chi connectivity index (χ3v) is 4.16. The maximum atomic E-state index is 12.4. The fraction of sp³-hybridized carbons (Fsp3) is 0.267. The van der Waals surface area contributed by atoms with Crippen molar-refractivity contribution < 1.29 is 4.42 Å².